The number of hydrogen-bond acceptors (Lipinski definition) is 4. The average molecular weight is 144 g/mol. The van der Waals surface area contributed by atoms with Gasteiger partial charge in [0.2, 0.25) is 0 Å². The molecule has 0 saturated heterocycles. The van der Waals surface area contributed by atoms with Crippen molar-refractivity contribution in [3.05, 3.63) is 0 Å². The minimum absolute atomic E-state index is 0.348. The van der Waals surface area contributed by atoms with Crippen molar-refractivity contribution < 1.29 is 10.0 Å². The van der Waals surface area contributed by atoms with E-state index < -0.39 is 6.03 Å². The van der Waals surface area contributed by atoms with Crippen molar-refractivity contribution in [3.63, 3.8) is 0 Å². The fraction of sp³-hybridized carbons (Fsp3) is 0.250. The van der Waals surface area contributed by atoms with Crippen LogP contribution in [0.15, 0.2) is 10.3 Å². The number of carbonyl (C=O) groups excluding carboxylic acids is 1. The van der Waals surface area contributed by atoms with Crippen LogP contribution in [0.3, 0.4) is 0 Å². The maximum absolute atomic E-state index is 10.0. The molecule has 2 amide bonds. The number of hydrogen-bond donors (Lipinski definition) is 3. The molecule has 6 nitrogen and oxygen atoms in total. The lowest BCUT2D eigenvalue weighted by Crippen LogP contribution is -2.25. The third-order valence-corrected chi connectivity index (χ3v) is 0.587. The van der Waals surface area contributed by atoms with E-state index in [1.54, 1.807) is 0 Å². The highest BCUT2D eigenvalue weighted by molar-refractivity contribution is 6.29. The zero-order valence-electron chi connectivity index (χ0n) is 5.40. The number of nitrogens with one attached hydrogen (secondary N) is 1. The average Bonchev–Trinajstić information content (AvgIpc) is 1.85. The molecule has 0 saturated carbocycles. The number of oxime groups is 1. The van der Waals surface area contributed by atoms with Crippen molar-refractivity contribution in [1.82, 2.24) is 5.43 Å². The Balaban J connectivity index is 3.80. The lowest BCUT2D eigenvalue weighted by Gasteiger charge is -1.90. The molecule has 0 spiro atoms. The number of urea groups is 1. The molecule has 0 bridgehead atoms. The first-order valence-corrected chi connectivity index (χ1v) is 2.44. The summed E-state index contributed by atoms with van der Waals surface area (Å²) in [6.45, 7) is 1.54. The fourth-order valence-electron chi connectivity index (χ4n) is 0.256. The molecule has 0 aliphatic rings. The zero-order valence-corrected chi connectivity index (χ0v) is 5.40. The highest BCUT2D eigenvalue weighted by Gasteiger charge is 1.86. The second-order valence-corrected chi connectivity index (χ2v) is 1.47. The standard InChI is InChI=1S/C4H8N4O2/c1-3(2-6-10)7-8-4(5)9/h2,10H,1H3,(H3,5,8,9)/b6-2-,7-3+. The quantitative estimate of drug-likeness (QED) is 0.276. The summed E-state index contributed by atoms with van der Waals surface area (Å²) in [7, 11) is 0. The van der Waals surface area contributed by atoms with Gasteiger partial charge in [-0.15, -0.1) is 0 Å². The van der Waals surface area contributed by atoms with E-state index in [9.17, 15) is 4.79 Å². The molecule has 0 atom stereocenters. The minimum Gasteiger partial charge on any atom is -0.411 e. The molecule has 0 aromatic heterocycles. The number of amides is 2. The minimum atomic E-state index is -0.759. The van der Waals surface area contributed by atoms with Crippen molar-refractivity contribution in [2.75, 3.05) is 0 Å². The Morgan fingerprint density at radius 2 is 2.40 bits per heavy atom. The number of carbonyl (C=O) groups is 1. The third-order valence-electron chi connectivity index (χ3n) is 0.587. The van der Waals surface area contributed by atoms with Gasteiger partial charge in [0.15, 0.2) is 0 Å². The summed E-state index contributed by atoms with van der Waals surface area (Å²) in [5, 5.41) is 14.0. The maximum atomic E-state index is 10.0. The summed E-state index contributed by atoms with van der Waals surface area (Å²) in [6, 6.07) is -0.759. The van der Waals surface area contributed by atoms with Gasteiger partial charge in [-0.3, -0.25) is 0 Å². The van der Waals surface area contributed by atoms with Crippen LogP contribution in [0, 0.1) is 0 Å². The highest BCUT2D eigenvalue weighted by Crippen LogP contribution is 1.68. The smallest absolute Gasteiger partial charge is 0.332 e. The number of hydrazone groups is 1. The third kappa shape index (κ3) is 4.57. The molecule has 0 aromatic carbocycles. The first kappa shape index (κ1) is 8.41. The van der Waals surface area contributed by atoms with Crippen molar-refractivity contribution in [2.24, 2.45) is 16.0 Å². The molecule has 0 radical (unpaired) electrons. The van der Waals surface area contributed by atoms with Gasteiger partial charge in [0.1, 0.15) is 0 Å². The topological polar surface area (TPSA) is 100 Å². The summed E-state index contributed by atoms with van der Waals surface area (Å²) in [5.41, 5.74) is 6.98. The molecule has 0 rings (SSSR count). The Morgan fingerprint density at radius 3 is 2.80 bits per heavy atom. The Labute approximate surface area is 57.4 Å². The lowest BCUT2D eigenvalue weighted by molar-refractivity contribution is 0.249. The fourth-order valence-corrected chi connectivity index (χ4v) is 0.256. The van der Waals surface area contributed by atoms with Gasteiger partial charge in [0.05, 0.1) is 11.9 Å². The second-order valence-electron chi connectivity index (χ2n) is 1.47. The second kappa shape index (κ2) is 4.30. The van der Waals surface area contributed by atoms with Gasteiger partial charge >= 0.3 is 6.03 Å². The van der Waals surface area contributed by atoms with Gasteiger partial charge in [-0.05, 0) is 6.92 Å². The Kier molecular flexibility index (Phi) is 3.62. The molecule has 4 N–H and O–H groups in total. The molecule has 0 aliphatic heterocycles. The number of nitrogens with zero attached hydrogens (tertiary/aromatic N) is 2. The highest BCUT2D eigenvalue weighted by atomic mass is 16.4. The largest absolute Gasteiger partial charge is 0.411 e. The first-order chi connectivity index (χ1) is 4.66. The van der Waals surface area contributed by atoms with Crippen LogP contribution >= 0.6 is 0 Å². The Morgan fingerprint density at radius 1 is 1.80 bits per heavy atom. The van der Waals surface area contributed by atoms with Gasteiger partial charge < -0.3 is 10.9 Å². The van der Waals surface area contributed by atoms with E-state index in [1.165, 1.54) is 6.92 Å². The van der Waals surface area contributed by atoms with E-state index in [-0.39, 0.29) is 0 Å². The molecule has 0 heterocycles. The summed E-state index contributed by atoms with van der Waals surface area (Å²) in [4.78, 5) is 10.0. The van der Waals surface area contributed by atoms with E-state index in [0.717, 1.165) is 6.21 Å². The van der Waals surface area contributed by atoms with Crippen LogP contribution in [0.4, 0.5) is 4.79 Å². The molecular formula is C4H8N4O2. The van der Waals surface area contributed by atoms with Gasteiger partial charge in [0.25, 0.3) is 0 Å². The van der Waals surface area contributed by atoms with Crippen LogP contribution in [0.2, 0.25) is 0 Å². The van der Waals surface area contributed by atoms with Crippen LogP contribution in [0.25, 0.3) is 0 Å². The summed E-state index contributed by atoms with van der Waals surface area (Å²) >= 11 is 0. The van der Waals surface area contributed by atoms with E-state index in [1.807, 2.05) is 5.43 Å². The van der Waals surface area contributed by atoms with Crippen LogP contribution in [-0.4, -0.2) is 23.2 Å². The van der Waals surface area contributed by atoms with Crippen LogP contribution in [0.1, 0.15) is 6.92 Å². The van der Waals surface area contributed by atoms with Gasteiger partial charge in [-0.2, -0.15) is 5.10 Å². The zero-order chi connectivity index (χ0) is 7.98. The lowest BCUT2D eigenvalue weighted by atomic mass is 10.5. The van der Waals surface area contributed by atoms with Crippen LogP contribution in [-0.2, 0) is 0 Å². The normalized spacial score (nSPS) is 11.9. The van der Waals surface area contributed by atoms with E-state index in [2.05, 4.69) is 16.0 Å². The van der Waals surface area contributed by atoms with Gasteiger partial charge in [0, 0.05) is 0 Å². The molecule has 56 valence electrons. The summed E-state index contributed by atoms with van der Waals surface area (Å²) < 4.78 is 0. The van der Waals surface area contributed by atoms with E-state index >= 15 is 0 Å². The van der Waals surface area contributed by atoms with Crippen LogP contribution in [0.5, 0.6) is 0 Å². The monoisotopic (exact) mass is 144 g/mol. The molecule has 0 unspecified atom stereocenters. The summed E-state index contributed by atoms with van der Waals surface area (Å²) in [5.74, 6) is 0. The van der Waals surface area contributed by atoms with E-state index in [0.29, 0.717) is 5.71 Å². The predicted molar refractivity (Wildman–Crippen MR) is 36.1 cm³/mol. The van der Waals surface area contributed by atoms with Crippen molar-refractivity contribution >= 4 is 18.0 Å². The number of rotatable bonds is 2. The van der Waals surface area contributed by atoms with E-state index in [4.69, 9.17) is 5.21 Å². The molecular weight excluding hydrogens is 136 g/mol. The van der Waals surface area contributed by atoms with Gasteiger partial charge in [-0.25, -0.2) is 10.2 Å². The van der Waals surface area contributed by atoms with Crippen LogP contribution < -0.4 is 11.2 Å². The first-order valence-electron chi connectivity index (χ1n) is 2.44. The predicted octanol–water partition coefficient (Wildman–Crippen LogP) is -0.509. The molecule has 6 heteroatoms. The number of nitrogens with two attached hydrogens (primary N) is 1. The van der Waals surface area contributed by atoms with Crippen molar-refractivity contribution in [2.45, 2.75) is 6.92 Å². The van der Waals surface area contributed by atoms with Crippen molar-refractivity contribution in [3.8, 4) is 0 Å². The maximum Gasteiger partial charge on any atom is 0.332 e. The SMILES string of the molecule is CC(/C=N\O)=N\NC(N)=O. The van der Waals surface area contributed by atoms with Gasteiger partial charge in [-0.1, -0.05) is 5.16 Å². The molecule has 0 aromatic rings. The molecule has 10 heavy (non-hydrogen) atoms. The Hall–Kier alpha value is -1.59. The molecule has 0 aliphatic carbocycles. The number of primary amides is 1. The Bertz CT molecular complexity index is 174. The van der Waals surface area contributed by atoms with Crippen molar-refractivity contribution in [1.29, 1.82) is 0 Å². The summed E-state index contributed by atoms with van der Waals surface area (Å²) in [6.07, 6.45) is 1.07. The molecule has 0 fully saturated rings.